The van der Waals surface area contributed by atoms with Crippen LogP contribution in [0.5, 0.6) is 0 Å². The van der Waals surface area contributed by atoms with Gasteiger partial charge in [-0.3, -0.25) is 19.4 Å². The molecule has 16 heteroatoms. The van der Waals surface area contributed by atoms with Gasteiger partial charge in [-0.15, -0.1) is 0 Å². The smallest absolute Gasteiger partial charge is 0.373 e. The molecule has 1 aromatic heterocycles. The quantitative estimate of drug-likeness (QED) is 0.250. The number of amides is 1. The van der Waals surface area contributed by atoms with E-state index in [-0.39, 0.29) is 11.8 Å². The second-order valence-electron chi connectivity index (χ2n) is 10.3. The van der Waals surface area contributed by atoms with Crippen LogP contribution in [0, 0.1) is 11.8 Å². The lowest BCUT2D eigenvalue weighted by Crippen LogP contribution is -2.44. The predicted octanol–water partition coefficient (Wildman–Crippen LogP) is 6.21. The SMILES string of the molecule is CC(C)[C@@H](Nc1ccc(C(F)(F)F)cc1)C(=O)NCCC1CCN(c2ccncc2)CC1.O=C(C(=O)C(F)(F)F)C(F)(F)F. The van der Waals surface area contributed by atoms with Gasteiger partial charge in [0.05, 0.1) is 5.56 Å². The molecule has 1 amide bonds. The first-order valence-electron chi connectivity index (χ1n) is 13.4. The van der Waals surface area contributed by atoms with Crippen LogP contribution in [-0.2, 0) is 20.6 Å². The van der Waals surface area contributed by atoms with Crippen molar-refractivity contribution in [3.05, 3.63) is 54.4 Å². The lowest BCUT2D eigenvalue weighted by atomic mass is 9.93. The predicted molar refractivity (Wildman–Crippen MR) is 143 cm³/mol. The van der Waals surface area contributed by atoms with Gasteiger partial charge in [0, 0.05) is 43.4 Å². The highest BCUT2D eigenvalue weighted by molar-refractivity contribution is 6.41. The number of ketones is 2. The van der Waals surface area contributed by atoms with Crippen molar-refractivity contribution in [3.63, 3.8) is 0 Å². The van der Waals surface area contributed by atoms with Gasteiger partial charge in [0.25, 0.3) is 0 Å². The van der Waals surface area contributed by atoms with E-state index in [0.717, 1.165) is 44.5 Å². The molecule has 2 N–H and O–H groups in total. The molecule has 7 nitrogen and oxygen atoms in total. The number of aromatic nitrogens is 1. The number of piperidine rings is 1. The summed E-state index contributed by atoms with van der Waals surface area (Å²) in [5.74, 6) is -6.39. The number of hydrogen-bond acceptors (Lipinski definition) is 6. The third kappa shape index (κ3) is 11.3. The molecule has 0 saturated carbocycles. The Morgan fingerprint density at radius 1 is 0.841 bits per heavy atom. The number of benzene rings is 1. The highest BCUT2D eigenvalue weighted by atomic mass is 19.4. The molecule has 0 aliphatic carbocycles. The first-order valence-corrected chi connectivity index (χ1v) is 13.4. The van der Waals surface area contributed by atoms with Crippen molar-refractivity contribution in [2.75, 3.05) is 29.9 Å². The van der Waals surface area contributed by atoms with Gasteiger partial charge in [0.1, 0.15) is 6.04 Å². The first-order chi connectivity index (χ1) is 20.3. The zero-order valence-electron chi connectivity index (χ0n) is 23.6. The molecule has 44 heavy (non-hydrogen) atoms. The number of carbonyl (C=O) groups excluding carboxylic acids is 3. The molecular formula is C28H31F9N4O3. The number of alkyl halides is 9. The number of hydrogen-bond donors (Lipinski definition) is 2. The van der Waals surface area contributed by atoms with E-state index in [1.54, 1.807) is 12.4 Å². The molecule has 1 atom stereocenters. The maximum atomic E-state index is 12.7. The van der Waals surface area contributed by atoms with Gasteiger partial charge in [-0.2, -0.15) is 39.5 Å². The molecule has 0 bridgehead atoms. The van der Waals surface area contributed by atoms with Crippen LogP contribution in [0.3, 0.4) is 0 Å². The van der Waals surface area contributed by atoms with Crippen LogP contribution in [0.2, 0.25) is 0 Å². The number of pyridine rings is 1. The van der Waals surface area contributed by atoms with Crippen LogP contribution >= 0.6 is 0 Å². The van der Waals surface area contributed by atoms with Crippen molar-refractivity contribution >= 4 is 28.8 Å². The second-order valence-corrected chi connectivity index (χ2v) is 10.3. The van der Waals surface area contributed by atoms with E-state index in [9.17, 15) is 53.9 Å². The third-order valence-electron chi connectivity index (χ3n) is 6.70. The Balaban J connectivity index is 0.000000477. The zero-order valence-corrected chi connectivity index (χ0v) is 23.6. The first kappa shape index (κ1) is 36.3. The molecule has 2 heterocycles. The number of nitrogens with one attached hydrogen (secondary N) is 2. The Bertz CT molecular complexity index is 1200. The van der Waals surface area contributed by atoms with Crippen molar-refractivity contribution in [2.45, 2.75) is 57.7 Å². The van der Waals surface area contributed by atoms with Gasteiger partial charge in [-0.1, -0.05) is 13.8 Å². The fraction of sp³-hybridized carbons (Fsp3) is 0.500. The van der Waals surface area contributed by atoms with E-state index in [2.05, 4.69) is 20.5 Å². The third-order valence-corrected chi connectivity index (χ3v) is 6.70. The van der Waals surface area contributed by atoms with Crippen LogP contribution in [-0.4, -0.2) is 60.5 Å². The summed E-state index contributed by atoms with van der Waals surface area (Å²) in [4.78, 5) is 38.4. The Hall–Kier alpha value is -3.85. The summed E-state index contributed by atoms with van der Waals surface area (Å²) in [5.41, 5.74) is 0.986. The van der Waals surface area contributed by atoms with E-state index in [4.69, 9.17) is 0 Å². The van der Waals surface area contributed by atoms with Crippen molar-refractivity contribution < 1.29 is 53.9 Å². The topological polar surface area (TPSA) is 91.4 Å². The fourth-order valence-electron chi connectivity index (χ4n) is 4.27. The number of anilines is 2. The van der Waals surface area contributed by atoms with Gasteiger partial charge >= 0.3 is 30.1 Å². The highest BCUT2D eigenvalue weighted by Gasteiger charge is 2.54. The lowest BCUT2D eigenvalue weighted by Gasteiger charge is -2.33. The summed E-state index contributed by atoms with van der Waals surface area (Å²) in [6.07, 6.45) is -9.23. The number of nitrogens with zero attached hydrogens (tertiary/aromatic N) is 2. The van der Waals surface area contributed by atoms with Crippen LogP contribution in [0.15, 0.2) is 48.8 Å². The largest absolute Gasteiger partial charge is 0.458 e. The van der Waals surface area contributed by atoms with E-state index in [0.29, 0.717) is 18.2 Å². The average Bonchev–Trinajstić information content (AvgIpc) is 2.95. The fourth-order valence-corrected chi connectivity index (χ4v) is 4.27. The number of carbonyl (C=O) groups is 3. The molecule has 1 aliphatic heterocycles. The molecule has 0 spiro atoms. The molecule has 0 radical (unpaired) electrons. The Morgan fingerprint density at radius 2 is 1.34 bits per heavy atom. The molecular weight excluding hydrogens is 611 g/mol. The maximum absolute atomic E-state index is 12.7. The standard InChI is InChI=1S/C24H31F3N4O.C4F6O2/c1-17(2)22(30-20-5-3-19(4-6-20)24(25,26)27)23(32)29-14-7-18-10-15-31(16-11-18)21-8-12-28-13-9-21;5-3(6,7)1(11)2(12)4(8,9)10/h3-6,8-9,12-13,17-18,22,30H,7,10-11,14-16H2,1-2H3,(H,29,32);/t22-;/m1./s1. The van der Waals surface area contributed by atoms with E-state index in [1.807, 2.05) is 26.0 Å². The summed E-state index contributed by atoms with van der Waals surface area (Å²) in [6.45, 7) is 6.41. The minimum atomic E-state index is -5.77. The van der Waals surface area contributed by atoms with Gasteiger partial charge < -0.3 is 15.5 Å². The number of rotatable bonds is 9. The number of Topliss-reactive ketones (excluding diaryl/α,β-unsaturated/α-hetero) is 2. The lowest BCUT2D eigenvalue weighted by molar-refractivity contribution is -0.193. The van der Waals surface area contributed by atoms with Gasteiger partial charge in [-0.25, -0.2) is 0 Å². The minimum absolute atomic E-state index is 0.0131. The molecule has 3 rings (SSSR count). The van der Waals surface area contributed by atoms with Gasteiger partial charge in [-0.05, 0) is 67.5 Å². The van der Waals surface area contributed by atoms with Crippen molar-refractivity contribution in [3.8, 4) is 0 Å². The molecule has 1 aliphatic rings. The van der Waals surface area contributed by atoms with Crippen LogP contribution in [0.1, 0.15) is 38.7 Å². The van der Waals surface area contributed by atoms with Crippen molar-refractivity contribution in [1.29, 1.82) is 0 Å². The Kier molecular flexibility index (Phi) is 12.6. The maximum Gasteiger partial charge on any atom is 0.458 e. The Labute approximate surface area is 247 Å². The summed E-state index contributed by atoms with van der Waals surface area (Å²) >= 11 is 0. The zero-order chi connectivity index (χ0) is 33.3. The van der Waals surface area contributed by atoms with Crippen molar-refractivity contribution in [1.82, 2.24) is 10.3 Å². The molecule has 2 aromatic rings. The van der Waals surface area contributed by atoms with E-state index < -0.39 is 41.7 Å². The molecule has 0 unspecified atom stereocenters. The molecule has 244 valence electrons. The average molecular weight is 643 g/mol. The second kappa shape index (κ2) is 15.2. The van der Waals surface area contributed by atoms with E-state index in [1.165, 1.54) is 17.8 Å². The summed E-state index contributed by atoms with van der Waals surface area (Å²) in [6, 6.07) is 8.31. The number of halogens is 9. The van der Waals surface area contributed by atoms with E-state index >= 15 is 0 Å². The summed E-state index contributed by atoms with van der Waals surface area (Å²) < 4.78 is 105. The van der Waals surface area contributed by atoms with Crippen LogP contribution < -0.4 is 15.5 Å². The molecule has 1 fully saturated rings. The van der Waals surface area contributed by atoms with Gasteiger partial charge in [0.2, 0.25) is 5.91 Å². The van der Waals surface area contributed by atoms with Crippen LogP contribution in [0.4, 0.5) is 50.9 Å². The highest BCUT2D eigenvalue weighted by Crippen LogP contribution is 2.30. The van der Waals surface area contributed by atoms with Crippen LogP contribution in [0.25, 0.3) is 0 Å². The summed E-state index contributed by atoms with van der Waals surface area (Å²) in [7, 11) is 0. The minimum Gasteiger partial charge on any atom is -0.373 e. The Morgan fingerprint density at radius 3 is 1.77 bits per heavy atom. The van der Waals surface area contributed by atoms with Gasteiger partial charge in [0.15, 0.2) is 0 Å². The monoisotopic (exact) mass is 642 g/mol. The molecule has 1 saturated heterocycles. The molecule has 1 aromatic carbocycles. The normalized spacial score (nSPS) is 15.2. The summed E-state index contributed by atoms with van der Waals surface area (Å²) in [5, 5.41) is 6.09. The van der Waals surface area contributed by atoms with Crippen molar-refractivity contribution in [2.24, 2.45) is 11.8 Å².